The Morgan fingerprint density at radius 3 is 0.431 bits per heavy atom. The fraction of sp³-hybridized carbons (Fsp3) is 0.895. The topological polar surface area (TPSA) is 93.1 Å². The van der Waals surface area contributed by atoms with Crippen LogP contribution in [0, 0.1) is 0 Å². The Morgan fingerprint density at radius 2 is 0.314 bits per heavy atom. The van der Waals surface area contributed by atoms with Gasteiger partial charge in [0, 0.05) is 25.0 Å². The van der Waals surface area contributed by atoms with Crippen LogP contribution in [-0.2, 0) is 19.1 Å². The molecule has 102 heavy (non-hydrogen) atoms. The normalized spacial score (nSPS) is 17.3. The van der Waals surface area contributed by atoms with Crippen molar-refractivity contribution in [2.45, 2.75) is 191 Å². The molecule has 2 N–H and O–H groups in total. The molecule has 0 radical (unpaired) electrons. The van der Waals surface area contributed by atoms with Gasteiger partial charge in [0.15, 0.2) is 0 Å². The molecular formula is C38H14F58O6. The predicted molar refractivity (Wildman–Crippen MR) is 193 cm³/mol. The van der Waals surface area contributed by atoms with E-state index in [4.69, 9.17) is 0 Å². The van der Waals surface area contributed by atoms with Crippen LogP contribution in [0.3, 0.4) is 0 Å². The number of carbonyl (C=O) groups excluding carboxylic acids is 2. The number of rotatable bonds is 34. The summed E-state index contributed by atoms with van der Waals surface area (Å²) < 4.78 is 805. The summed E-state index contributed by atoms with van der Waals surface area (Å²) in [5.41, 5.74) is 0. The summed E-state index contributed by atoms with van der Waals surface area (Å²) in [6, 6.07) is 0. The Kier molecular flexibility index (Phi) is 24.3. The maximum atomic E-state index is 14.3. The van der Waals surface area contributed by atoms with Crippen LogP contribution in [-0.4, -0.2) is 214 Å². The quantitative estimate of drug-likeness (QED) is 0.0379. The van der Waals surface area contributed by atoms with Gasteiger partial charge in [0.1, 0.15) is 13.2 Å². The van der Waals surface area contributed by atoms with E-state index >= 15 is 0 Å². The SMILES string of the molecule is O=C(/C=C\C(=O)OCC(O)CC(F)(F)C(F)(F)C(F)(F)C(F)(F)C(F)(F)C(F)(F)C(F)(F)C(F)(F)C(F)(F)C(F)(F)C(F)(F)C(F)(F)C(F)(F)C(F)(F)F)OCC(O)CC(F)(F)C(F)(F)C(F)(F)C(F)(F)C(F)(F)C(F)(F)C(F)(F)C(F)(F)C(F)(F)C(F)(F)C(F)(F)C(F)(F)C(F)(F)C(F)(F)F. The second-order valence-corrected chi connectivity index (χ2v) is 19.5. The van der Waals surface area contributed by atoms with Gasteiger partial charge < -0.3 is 19.7 Å². The first-order valence-electron chi connectivity index (χ1n) is 22.6. The number of aliphatic hydroxyl groups is 2. The van der Waals surface area contributed by atoms with Crippen molar-refractivity contribution in [3.63, 3.8) is 0 Å². The van der Waals surface area contributed by atoms with Crippen molar-refractivity contribution in [2.75, 3.05) is 13.2 Å². The molecule has 0 aliphatic heterocycles. The minimum absolute atomic E-state index is 0.879. The number of hydrogen-bond acceptors (Lipinski definition) is 6. The highest BCUT2D eigenvalue weighted by molar-refractivity contribution is 5.91. The molecule has 0 aromatic heterocycles. The van der Waals surface area contributed by atoms with E-state index in [0.29, 0.717) is 0 Å². The molecule has 0 amide bonds. The summed E-state index contributed by atoms with van der Waals surface area (Å²) in [7, 11) is 0. The van der Waals surface area contributed by atoms with Crippen molar-refractivity contribution in [2.24, 2.45) is 0 Å². The molecule has 0 spiro atoms. The monoisotopic (exact) mass is 1670 g/mol. The Hall–Kier alpha value is -5.46. The van der Waals surface area contributed by atoms with Crippen LogP contribution < -0.4 is 0 Å². The van der Waals surface area contributed by atoms with E-state index in [0.717, 1.165) is 0 Å². The van der Waals surface area contributed by atoms with E-state index < -0.39 is 229 Å². The summed E-state index contributed by atoms with van der Waals surface area (Å²) in [6.07, 6.45) is -35.4. The van der Waals surface area contributed by atoms with E-state index in [9.17, 15) is 274 Å². The molecule has 0 fully saturated rings. The van der Waals surface area contributed by atoms with Gasteiger partial charge in [-0.05, 0) is 0 Å². The molecule has 0 aromatic rings. The van der Waals surface area contributed by atoms with Crippen LogP contribution in [0.2, 0.25) is 0 Å². The molecule has 0 aliphatic rings. The van der Waals surface area contributed by atoms with Crippen molar-refractivity contribution in [1.29, 1.82) is 0 Å². The lowest BCUT2D eigenvalue weighted by Crippen LogP contribution is -2.79. The number of aliphatic hydroxyl groups excluding tert-OH is 2. The summed E-state index contributed by atoms with van der Waals surface area (Å²) >= 11 is 0. The van der Waals surface area contributed by atoms with E-state index in [1.807, 2.05) is 0 Å². The van der Waals surface area contributed by atoms with E-state index in [1.54, 1.807) is 0 Å². The maximum Gasteiger partial charge on any atom is 0.460 e. The lowest BCUT2D eigenvalue weighted by atomic mass is 9.83. The summed E-state index contributed by atoms with van der Waals surface area (Å²) in [5.74, 6) is -258. The van der Waals surface area contributed by atoms with E-state index in [2.05, 4.69) is 9.47 Å². The van der Waals surface area contributed by atoms with E-state index in [1.165, 1.54) is 0 Å². The number of hydrogen-bond donors (Lipinski definition) is 2. The fourth-order valence-electron chi connectivity index (χ4n) is 6.31. The summed E-state index contributed by atoms with van der Waals surface area (Å²) in [5, 5.41) is 18.6. The minimum Gasteiger partial charge on any atom is -0.460 e. The molecule has 0 saturated carbocycles. The molecular weight excluding hydrogens is 1650 g/mol. The molecule has 6 nitrogen and oxygen atoms in total. The van der Waals surface area contributed by atoms with Crippen molar-refractivity contribution < 1.29 is 284 Å². The predicted octanol–water partition coefficient (Wildman–Crippen LogP) is 17.8. The third-order valence-corrected chi connectivity index (χ3v) is 12.5. The number of carbonyl (C=O) groups is 2. The molecule has 2 unspecified atom stereocenters. The Morgan fingerprint density at radius 1 is 0.206 bits per heavy atom. The van der Waals surface area contributed by atoms with Crippen LogP contribution in [0.1, 0.15) is 12.8 Å². The van der Waals surface area contributed by atoms with Crippen molar-refractivity contribution >= 4 is 11.9 Å². The summed E-state index contributed by atoms with van der Waals surface area (Å²) in [4.78, 5) is 23.2. The van der Waals surface area contributed by atoms with Gasteiger partial charge in [0.2, 0.25) is 0 Å². The fourth-order valence-corrected chi connectivity index (χ4v) is 6.31. The van der Waals surface area contributed by atoms with Gasteiger partial charge in [-0.15, -0.1) is 0 Å². The van der Waals surface area contributed by atoms with Gasteiger partial charge in [-0.1, -0.05) is 0 Å². The highest BCUT2D eigenvalue weighted by atomic mass is 19.5. The van der Waals surface area contributed by atoms with Gasteiger partial charge in [-0.25, -0.2) is 9.59 Å². The van der Waals surface area contributed by atoms with Crippen molar-refractivity contribution in [1.82, 2.24) is 0 Å². The minimum atomic E-state index is -10.3. The molecule has 0 heterocycles. The van der Waals surface area contributed by atoms with Gasteiger partial charge in [-0.2, -0.15) is 255 Å². The maximum absolute atomic E-state index is 14.3. The standard InChI is InChI=1S/C38H14F58O6/c39-11(40,13(43,44)15(47,48)17(51,52)19(55,56)21(59,60)23(63,64)25(67,68)27(71,72)29(75,76)31(79,80)33(83,84)35(87,88)37(91,92)93)3-7(97)5-101-9(99)1-2-10(100)102-6-8(98)4-12(41,42)14(45,46)16(49,50)18(53,54)20(57,58)22(61,62)24(65,66)26(69,70)28(73,74)30(77,78)32(81,82)34(85,86)36(89,90)38(94,95)96/h1-2,7-8,97-98H,3-6H2/b2-1-. The smallest absolute Gasteiger partial charge is 0.460 e. The molecule has 0 rings (SSSR count). The largest absolute Gasteiger partial charge is 0.460 e. The molecule has 2 atom stereocenters. The molecule has 0 bridgehead atoms. The second-order valence-electron chi connectivity index (χ2n) is 19.5. The first kappa shape index (κ1) is 96.5. The van der Waals surface area contributed by atoms with Crippen LogP contribution >= 0.6 is 0 Å². The van der Waals surface area contributed by atoms with Crippen molar-refractivity contribution in [3.05, 3.63) is 12.2 Å². The first-order chi connectivity index (χ1) is 43.3. The third-order valence-electron chi connectivity index (χ3n) is 12.5. The van der Waals surface area contributed by atoms with Crippen LogP contribution in [0.25, 0.3) is 0 Å². The zero-order chi connectivity index (χ0) is 84.0. The average molecular weight is 1670 g/mol. The Labute approximate surface area is 513 Å². The number of halogens is 58. The third kappa shape index (κ3) is 12.9. The highest BCUT2D eigenvalue weighted by Crippen LogP contribution is 2.72. The van der Waals surface area contributed by atoms with Crippen molar-refractivity contribution in [3.8, 4) is 0 Å². The van der Waals surface area contributed by atoms with Gasteiger partial charge in [0.05, 0.1) is 12.2 Å². The van der Waals surface area contributed by atoms with Gasteiger partial charge in [0.25, 0.3) is 0 Å². The van der Waals surface area contributed by atoms with Gasteiger partial charge >= 0.3 is 178 Å². The number of alkyl halides is 58. The lowest BCUT2D eigenvalue weighted by Gasteiger charge is -2.46. The molecule has 0 aliphatic carbocycles. The van der Waals surface area contributed by atoms with Crippen LogP contribution in [0.15, 0.2) is 12.2 Å². The number of ether oxygens (including phenoxy) is 2. The zero-order valence-corrected chi connectivity index (χ0v) is 44.6. The molecule has 608 valence electrons. The Balaban J connectivity index is 6.76. The number of esters is 2. The molecule has 0 aromatic carbocycles. The van der Waals surface area contributed by atoms with Crippen LogP contribution in [0.5, 0.6) is 0 Å². The second kappa shape index (κ2) is 25.6. The summed E-state index contributed by atoms with van der Waals surface area (Å²) in [6.45, 7) is -5.65. The van der Waals surface area contributed by atoms with Crippen LogP contribution in [0.4, 0.5) is 255 Å². The average Bonchev–Trinajstić information content (AvgIpc) is 0.685. The first-order valence-corrected chi connectivity index (χ1v) is 22.6. The lowest BCUT2D eigenvalue weighted by molar-refractivity contribution is -0.487. The van der Waals surface area contributed by atoms with E-state index in [-0.39, 0.29) is 0 Å². The molecule has 0 saturated heterocycles. The highest BCUT2D eigenvalue weighted by Gasteiger charge is 3.04. The van der Waals surface area contributed by atoms with Gasteiger partial charge in [-0.3, -0.25) is 0 Å². The zero-order valence-electron chi connectivity index (χ0n) is 44.6. The molecule has 64 heteroatoms. The Bertz CT molecular complexity index is 2800.